The van der Waals surface area contributed by atoms with Gasteiger partial charge in [0.25, 0.3) is 5.91 Å². The van der Waals surface area contributed by atoms with Crippen molar-refractivity contribution in [2.24, 2.45) is 0 Å². The molecule has 5 rings (SSSR count). The molecule has 2 aromatic carbocycles. The highest BCUT2D eigenvalue weighted by atomic mass is 35.5. The van der Waals surface area contributed by atoms with Crippen molar-refractivity contribution in [2.75, 3.05) is 12.0 Å². The van der Waals surface area contributed by atoms with Gasteiger partial charge in [-0.3, -0.25) is 9.78 Å². The molecule has 2 aliphatic rings. The van der Waals surface area contributed by atoms with Gasteiger partial charge >= 0.3 is 6.03 Å². The molecule has 1 aromatic heterocycles. The number of hydrogen-bond donors (Lipinski definition) is 1. The fourth-order valence-corrected chi connectivity index (χ4v) is 5.73. The lowest BCUT2D eigenvalue weighted by molar-refractivity contribution is -0.118. The molecule has 1 fully saturated rings. The Bertz CT molecular complexity index is 1330. The Morgan fingerprint density at radius 3 is 2.78 bits per heavy atom. The number of urea groups is 1. The minimum atomic E-state index is -0.632. The third-order valence-corrected chi connectivity index (χ3v) is 7.31. The summed E-state index contributed by atoms with van der Waals surface area (Å²) in [6.45, 7) is 0. The van der Waals surface area contributed by atoms with Gasteiger partial charge in [0, 0.05) is 27.4 Å². The first-order chi connectivity index (χ1) is 15.4. The zero-order valence-electron chi connectivity index (χ0n) is 16.4. The van der Waals surface area contributed by atoms with Crippen LogP contribution in [0.15, 0.2) is 48.8 Å². The third kappa shape index (κ3) is 3.30. The van der Waals surface area contributed by atoms with Crippen LogP contribution in [-0.4, -0.2) is 35.3 Å². The van der Waals surface area contributed by atoms with Gasteiger partial charge in [-0.25, -0.2) is 14.1 Å². The summed E-state index contributed by atoms with van der Waals surface area (Å²) in [7, 11) is 1.36. The number of imide groups is 1. The Morgan fingerprint density at radius 2 is 2.00 bits per heavy atom. The summed E-state index contributed by atoms with van der Waals surface area (Å²) in [5.74, 6) is -0.957. The molecule has 0 saturated carbocycles. The summed E-state index contributed by atoms with van der Waals surface area (Å²) < 4.78 is 19.0. The molecule has 0 radical (unpaired) electrons. The average molecular weight is 490 g/mol. The number of anilines is 1. The maximum atomic E-state index is 14.0. The summed E-state index contributed by atoms with van der Waals surface area (Å²) >= 11 is 13.9. The van der Waals surface area contributed by atoms with Crippen molar-refractivity contribution >= 4 is 68.3 Å². The Hall–Kier alpha value is -2.81. The van der Waals surface area contributed by atoms with Crippen molar-refractivity contribution in [1.29, 1.82) is 0 Å². The van der Waals surface area contributed by atoms with E-state index in [0.717, 1.165) is 11.0 Å². The van der Waals surface area contributed by atoms with Gasteiger partial charge in [0.2, 0.25) is 0 Å². The van der Waals surface area contributed by atoms with Crippen molar-refractivity contribution in [3.63, 3.8) is 0 Å². The van der Waals surface area contributed by atoms with Crippen molar-refractivity contribution in [2.45, 2.75) is 11.3 Å². The number of halogens is 3. The lowest BCUT2D eigenvalue weighted by Crippen LogP contribution is -2.60. The van der Waals surface area contributed by atoms with Gasteiger partial charge in [0.05, 0.1) is 35.1 Å². The second kappa shape index (κ2) is 7.95. The first-order valence-electron chi connectivity index (χ1n) is 9.47. The number of nitrogens with zero attached hydrogens (tertiary/aromatic N) is 2. The summed E-state index contributed by atoms with van der Waals surface area (Å²) in [4.78, 5) is 32.3. The Kier molecular flexibility index (Phi) is 5.23. The number of amides is 3. The number of benzene rings is 2. The molecule has 0 aliphatic carbocycles. The summed E-state index contributed by atoms with van der Waals surface area (Å²) in [5.41, 5.74) is 0.831. The largest absolute Gasteiger partial charge is 0.494 e. The number of thioether (sulfide) groups is 1. The number of fused-ring (bicyclic) bond motifs is 2. The van der Waals surface area contributed by atoms with Crippen molar-refractivity contribution in [3.05, 3.63) is 70.2 Å². The van der Waals surface area contributed by atoms with E-state index in [2.05, 4.69) is 10.3 Å². The molecule has 1 saturated heterocycles. The fraction of sp³-hybridized carbons (Fsp3) is 0.136. The number of nitrogens with one attached hydrogen (secondary N) is 1. The SMILES string of the molecule is COc1cc(C2=CC3NC(=O)N(c4cncc5cccc(Cl)c45)C(=O)C3S2)c(Cl)cc1F. The minimum Gasteiger partial charge on any atom is -0.494 e. The first-order valence-corrected chi connectivity index (χ1v) is 11.1. The van der Waals surface area contributed by atoms with Gasteiger partial charge in [-0.05, 0) is 24.3 Å². The van der Waals surface area contributed by atoms with Crippen LogP contribution in [-0.2, 0) is 4.79 Å². The second-order valence-corrected chi connectivity index (χ2v) is 9.18. The molecule has 2 atom stereocenters. The number of carbonyl (C=O) groups excluding carboxylic acids is 2. The summed E-state index contributed by atoms with van der Waals surface area (Å²) in [6.07, 6.45) is 4.81. The quantitative estimate of drug-likeness (QED) is 0.542. The molecular weight excluding hydrogens is 476 g/mol. The van der Waals surface area contributed by atoms with Gasteiger partial charge in [0.15, 0.2) is 11.6 Å². The predicted octanol–water partition coefficient (Wildman–Crippen LogP) is 5.27. The van der Waals surface area contributed by atoms with Crippen molar-refractivity contribution in [1.82, 2.24) is 10.3 Å². The van der Waals surface area contributed by atoms with E-state index in [4.69, 9.17) is 27.9 Å². The Morgan fingerprint density at radius 1 is 1.19 bits per heavy atom. The highest BCUT2D eigenvalue weighted by molar-refractivity contribution is 8.09. The number of aromatic nitrogens is 1. The Labute approximate surface area is 196 Å². The fourth-order valence-electron chi connectivity index (χ4n) is 3.85. The molecule has 2 aliphatic heterocycles. The highest BCUT2D eigenvalue weighted by Gasteiger charge is 2.46. The van der Waals surface area contributed by atoms with Crippen LogP contribution in [0.25, 0.3) is 15.7 Å². The summed E-state index contributed by atoms with van der Waals surface area (Å²) in [6, 6.07) is 6.79. The maximum Gasteiger partial charge on any atom is 0.329 e. The van der Waals surface area contributed by atoms with Crippen LogP contribution in [0.1, 0.15) is 5.56 Å². The molecule has 3 heterocycles. The number of pyridine rings is 1. The number of methoxy groups -OCH3 is 1. The molecule has 10 heteroatoms. The van der Waals surface area contributed by atoms with E-state index in [1.54, 1.807) is 30.5 Å². The molecule has 32 heavy (non-hydrogen) atoms. The number of hydrogen-bond acceptors (Lipinski definition) is 5. The van der Waals surface area contributed by atoms with Crippen LogP contribution in [0.3, 0.4) is 0 Å². The molecule has 2 unspecified atom stereocenters. The van der Waals surface area contributed by atoms with E-state index < -0.39 is 29.0 Å². The van der Waals surface area contributed by atoms with Crippen LogP contribution in [0.2, 0.25) is 10.0 Å². The molecule has 1 N–H and O–H groups in total. The van der Waals surface area contributed by atoms with E-state index in [1.165, 1.54) is 31.1 Å². The topological polar surface area (TPSA) is 71.5 Å². The van der Waals surface area contributed by atoms with E-state index in [9.17, 15) is 14.0 Å². The Balaban J connectivity index is 1.52. The lowest BCUT2D eigenvalue weighted by Gasteiger charge is -2.33. The molecule has 3 amide bonds. The third-order valence-electron chi connectivity index (χ3n) is 5.33. The molecule has 6 nitrogen and oxygen atoms in total. The van der Waals surface area contributed by atoms with Gasteiger partial charge in [-0.1, -0.05) is 35.3 Å². The van der Waals surface area contributed by atoms with E-state index in [1.807, 2.05) is 0 Å². The predicted molar refractivity (Wildman–Crippen MR) is 124 cm³/mol. The van der Waals surface area contributed by atoms with E-state index in [-0.39, 0.29) is 10.8 Å². The van der Waals surface area contributed by atoms with E-state index in [0.29, 0.717) is 32.0 Å². The maximum absolute atomic E-state index is 14.0. The number of carbonyl (C=O) groups is 2. The van der Waals surface area contributed by atoms with Crippen molar-refractivity contribution in [3.8, 4) is 5.75 Å². The molecule has 3 aromatic rings. The van der Waals surface area contributed by atoms with Gasteiger partial charge < -0.3 is 10.1 Å². The van der Waals surface area contributed by atoms with Crippen LogP contribution in [0.5, 0.6) is 5.75 Å². The van der Waals surface area contributed by atoms with E-state index >= 15 is 0 Å². The van der Waals surface area contributed by atoms with Crippen LogP contribution in [0.4, 0.5) is 14.9 Å². The lowest BCUT2D eigenvalue weighted by atomic mass is 10.1. The average Bonchev–Trinajstić information content (AvgIpc) is 3.18. The van der Waals surface area contributed by atoms with Gasteiger partial charge in [-0.2, -0.15) is 0 Å². The zero-order chi connectivity index (χ0) is 22.6. The molecule has 162 valence electrons. The van der Waals surface area contributed by atoms with Crippen LogP contribution < -0.4 is 15.0 Å². The summed E-state index contributed by atoms with van der Waals surface area (Å²) in [5, 5.41) is 4.08. The smallest absolute Gasteiger partial charge is 0.329 e. The second-order valence-electron chi connectivity index (χ2n) is 7.18. The van der Waals surface area contributed by atoms with Gasteiger partial charge in [-0.15, -0.1) is 11.8 Å². The first kappa shape index (κ1) is 21.1. The molecule has 0 bridgehead atoms. The van der Waals surface area contributed by atoms with Crippen LogP contribution in [0, 0.1) is 5.82 Å². The van der Waals surface area contributed by atoms with Crippen molar-refractivity contribution < 1.29 is 18.7 Å². The highest BCUT2D eigenvalue weighted by Crippen LogP contribution is 2.46. The number of ether oxygens (including phenoxy) is 1. The van der Waals surface area contributed by atoms with Gasteiger partial charge in [0.1, 0.15) is 5.25 Å². The normalized spacial score (nSPS) is 20.2. The molecular formula is C22H14Cl2FN3O3S. The molecule has 0 spiro atoms. The monoisotopic (exact) mass is 489 g/mol. The van der Waals surface area contributed by atoms with Crippen LogP contribution >= 0.6 is 35.0 Å². The standard InChI is InChI=1S/C22H14Cl2FN3O3S/c1-31-17-5-11(13(24)6-14(17)25)18-7-15-20(32-18)21(29)28(22(30)27-15)16-9-26-8-10-3-2-4-12(23)19(10)16/h2-9,15,20H,1H3,(H,27,30). The minimum absolute atomic E-state index is 0.0363. The number of rotatable bonds is 3. The zero-order valence-corrected chi connectivity index (χ0v) is 18.8.